The normalized spacial score (nSPS) is 11.4. The SMILES string of the molecule is CNCc1cc(S(=O)(=O)Nc2ccc(Cl)c(OC)c2)cs1. The predicted molar refractivity (Wildman–Crippen MR) is 85.9 cm³/mol. The lowest BCUT2D eigenvalue weighted by atomic mass is 10.3. The van der Waals surface area contributed by atoms with Crippen LogP contribution in [0.4, 0.5) is 5.69 Å². The largest absolute Gasteiger partial charge is 0.495 e. The van der Waals surface area contributed by atoms with Crippen LogP contribution < -0.4 is 14.8 Å². The fraction of sp³-hybridized carbons (Fsp3) is 0.231. The molecule has 0 saturated heterocycles. The van der Waals surface area contributed by atoms with E-state index < -0.39 is 10.0 Å². The highest BCUT2D eigenvalue weighted by molar-refractivity contribution is 7.92. The average Bonchev–Trinajstić information content (AvgIpc) is 2.91. The Kier molecular flexibility index (Phi) is 5.10. The average molecular weight is 347 g/mol. The first-order valence-corrected chi connectivity index (χ1v) is 8.78. The fourth-order valence-corrected chi connectivity index (χ4v) is 4.24. The van der Waals surface area contributed by atoms with Gasteiger partial charge < -0.3 is 10.1 Å². The van der Waals surface area contributed by atoms with E-state index in [1.807, 2.05) is 7.05 Å². The molecule has 0 fully saturated rings. The molecule has 114 valence electrons. The zero-order valence-electron chi connectivity index (χ0n) is 11.5. The van der Waals surface area contributed by atoms with Gasteiger partial charge in [-0.2, -0.15) is 0 Å². The van der Waals surface area contributed by atoms with Gasteiger partial charge >= 0.3 is 0 Å². The van der Waals surface area contributed by atoms with Crippen molar-refractivity contribution in [2.75, 3.05) is 18.9 Å². The third-order valence-electron chi connectivity index (χ3n) is 2.69. The second-order valence-electron chi connectivity index (χ2n) is 4.23. The van der Waals surface area contributed by atoms with Gasteiger partial charge in [0.15, 0.2) is 0 Å². The molecule has 0 radical (unpaired) electrons. The van der Waals surface area contributed by atoms with Gasteiger partial charge in [-0.3, -0.25) is 4.72 Å². The van der Waals surface area contributed by atoms with E-state index in [9.17, 15) is 8.42 Å². The maximum atomic E-state index is 12.3. The maximum absolute atomic E-state index is 12.3. The van der Waals surface area contributed by atoms with Crippen LogP contribution in [-0.4, -0.2) is 22.6 Å². The fourth-order valence-electron chi connectivity index (χ4n) is 1.71. The first-order chi connectivity index (χ1) is 9.96. The topological polar surface area (TPSA) is 67.4 Å². The van der Waals surface area contributed by atoms with E-state index in [2.05, 4.69) is 10.0 Å². The van der Waals surface area contributed by atoms with Crippen LogP contribution in [0.1, 0.15) is 4.88 Å². The summed E-state index contributed by atoms with van der Waals surface area (Å²) in [5.41, 5.74) is 0.401. The second kappa shape index (κ2) is 6.65. The summed E-state index contributed by atoms with van der Waals surface area (Å²) in [5.74, 6) is 0.415. The molecule has 0 unspecified atom stereocenters. The molecular weight excluding hydrogens is 332 g/mol. The van der Waals surface area contributed by atoms with E-state index >= 15 is 0 Å². The molecule has 0 bridgehead atoms. The number of halogens is 1. The van der Waals surface area contributed by atoms with Gasteiger partial charge in [0.05, 0.1) is 22.7 Å². The number of thiophene rings is 1. The number of hydrogen-bond donors (Lipinski definition) is 2. The summed E-state index contributed by atoms with van der Waals surface area (Å²) >= 11 is 7.31. The predicted octanol–water partition coefficient (Wildman–Crippen LogP) is 2.93. The number of ether oxygens (including phenoxy) is 1. The Morgan fingerprint density at radius 2 is 2.10 bits per heavy atom. The van der Waals surface area contributed by atoms with E-state index in [0.717, 1.165) is 4.88 Å². The molecule has 0 saturated carbocycles. The minimum absolute atomic E-state index is 0.242. The minimum atomic E-state index is -3.61. The lowest BCUT2D eigenvalue weighted by Crippen LogP contribution is -2.12. The zero-order chi connectivity index (χ0) is 15.5. The van der Waals surface area contributed by atoms with Gasteiger partial charge in [0, 0.05) is 22.9 Å². The van der Waals surface area contributed by atoms with Crippen molar-refractivity contribution in [2.45, 2.75) is 11.4 Å². The Bertz CT molecular complexity index is 729. The molecule has 0 aliphatic carbocycles. The van der Waals surface area contributed by atoms with Crippen molar-refractivity contribution in [3.63, 3.8) is 0 Å². The van der Waals surface area contributed by atoms with Crippen molar-refractivity contribution in [1.82, 2.24) is 5.32 Å². The number of sulfonamides is 1. The van der Waals surface area contributed by atoms with E-state index in [1.165, 1.54) is 18.4 Å². The monoisotopic (exact) mass is 346 g/mol. The van der Waals surface area contributed by atoms with Gasteiger partial charge in [-0.15, -0.1) is 11.3 Å². The number of nitrogens with one attached hydrogen (secondary N) is 2. The summed E-state index contributed by atoms with van der Waals surface area (Å²) in [6, 6.07) is 6.36. The highest BCUT2D eigenvalue weighted by Gasteiger charge is 2.17. The first kappa shape index (κ1) is 16.1. The van der Waals surface area contributed by atoms with Crippen LogP contribution >= 0.6 is 22.9 Å². The lowest BCUT2D eigenvalue weighted by Gasteiger charge is -2.09. The molecule has 2 rings (SSSR count). The second-order valence-corrected chi connectivity index (χ2v) is 7.32. The molecule has 2 aromatic rings. The first-order valence-electron chi connectivity index (χ1n) is 6.04. The molecule has 2 N–H and O–H groups in total. The number of methoxy groups -OCH3 is 1. The summed E-state index contributed by atoms with van der Waals surface area (Å²) in [4.78, 5) is 1.19. The Balaban J connectivity index is 2.24. The molecule has 0 amide bonds. The minimum Gasteiger partial charge on any atom is -0.495 e. The van der Waals surface area contributed by atoms with Crippen LogP contribution in [0.15, 0.2) is 34.5 Å². The molecule has 0 spiro atoms. The van der Waals surface area contributed by atoms with Crippen molar-refractivity contribution in [1.29, 1.82) is 0 Å². The van der Waals surface area contributed by atoms with Crippen LogP contribution in [-0.2, 0) is 16.6 Å². The maximum Gasteiger partial charge on any atom is 0.262 e. The molecule has 21 heavy (non-hydrogen) atoms. The van der Waals surface area contributed by atoms with Crippen molar-refractivity contribution < 1.29 is 13.2 Å². The molecule has 0 aliphatic rings. The zero-order valence-corrected chi connectivity index (χ0v) is 13.9. The molecule has 8 heteroatoms. The van der Waals surface area contributed by atoms with Crippen LogP contribution in [0.25, 0.3) is 0 Å². The van der Waals surface area contributed by atoms with Crippen LogP contribution in [0.3, 0.4) is 0 Å². The molecule has 5 nitrogen and oxygen atoms in total. The van der Waals surface area contributed by atoms with E-state index in [0.29, 0.717) is 23.0 Å². The van der Waals surface area contributed by atoms with E-state index in [1.54, 1.807) is 29.6 Å². The third kappa shape index (κ3) is 3.88. The molecule has 1 aromatic heterocycles. The van der Waals surface area contributed by atoms with Gasteiger partial charge in [0.2, 0.25) is 0 Å². The molecular formula is C13H15ClN2O3S2. The van der Waals surface area contributed by atoms with Crippen LogP contribution in [0.2, 0.25) is 5.02 Å². The van der Waals surface area contributed by atoms with Gasteiger partial charge in [0.1, 0.15) is 5.75 Å². The number of hydrogen-bond acceptors (Lipinski definition) is 5. The number of anilines is 1. The number of rotatable bonds is 6. The molecule has 0 aliphatic heterocycles. The molecule has 1 aromatic carbocycles. The number of benzene rings is 1. The van der Waals surface area contributed by atoms with Crippen molar-refractivity contribution in [3.05, 3.63) is 39.5 Å². The summed E-state index contributed by atoms with van der Waals surface area (Å²) < 4.78 is 32.2. The highest BCUT2D eigenvalue weighted by Crippen LogP contribution is 2.29. The van der Waals surface area contributed by atoms with Crippen molar-refractivity contribution in [3.8, 4) is 5.75 Å². The standard InChI is InChI=1S/C13H15ClN2O3S2/c1-15-7-10-6-11(8-20-10)21(17,18)16-9-3-4-12(14)13(5-9)19-2/h3-6,8,15-16H,7H2,1-2H3. The van der Waals surface area contributed by atoms with Crippen molar-refractivity contribution >= 4 is 38.6 Å². The molecule has 0 atom stereocenters. The summed E-state index contributed by atoms with van der Waals surface area (Å²) in [5, 5.41) is 5.02. The smallest absolute Gasteiger partial charge is 0.262 e. The van der Waals surface area contributed by atoms with Gasteiger partial charge in [-0.05, 0) is 25.2 Å². The van der Waals surface area contributed by atoms with E-state index in [-0.39, 0.29) is 4.90 Å². The lowest BCUT2D eigenvalue weighted by molar-refractivity contribution is 0.415. The highest BCUT2D eigenvalue weighted by atomic mass is 35.5. The quantitative estimate of drug-likeness (QED) is 0.844. The Morgan fingerprint density at radius 1 is 1.33 bits per heavy atom. The van der Waals surface area contributed by atoms with Crippen molar-refractivity contribution in [2.24, 2.45) is 0 Å². The summed E-state index contributed by atoms with van der Waals surface area (Å²) in [6.45, 7) is 0.634. The van der Waals surface area contributed by atoms with E-state index in [4.69, 9.17) is 16.3 Å². The van der Waals surface area contributed by atoms with Crippen LogP contribution in [0, 0.1) is 0 Å². The Labute approximate surface area is 133 Å². The van der Waals surface area contributed by atoms with Gasteiger partial charge in [-0.1, -0.05) is 11.6 Å². The van der Waals surface area contributed by atoms with Gasteiger partial charge in [-0.25, -0.2) is 8.42 Å². The van der Waals surface area contributed by atoms with Gasteiger partial charge in [0.25, 0.3) is 10.0 Å². The Morgan fingerprint density at radius 3 is 2.76 bits per heavy atom. The Hall–Kier alpha value is -1.28. The third-order valence-corrected chi connectivity index (χ3v) is 5.45. The van der Waals surface area contributed by atoms with Crippen LogP contribution in [0.5, 0.6) is 5.75 Å². The summed E-state index contributed by atoms with van der Waals surface area (Å²) in [6.07, 6.45) is 0. The molecule has 1 heterocycles. The summed E-state index contributed by atoms with van der Waals surface area (Å²) in [7, 11) is -0.328.